The van der Waals surface area contributed by atoms with Gasteiger partial charge in [-0.2, -0.15) is 0 Å². The lowest BCUT2D eigenvalue weighted by molar-refractivity contribution is -0.152. The van der Waals surface area contributed by atoms with Gasteiger partial charge in [-0.15, -0.1) is 11.8 Å². The lowest BCUT2D eigenvalue weighted by atomic mass is 9.96. The SMILES string of the molecule is C.CCCC[C@H]1C(=O)N2C[C@@H](O)C[C@@H]2C(=O)N[C@@H](CC(=O)O)C(=O)N[C@@H](C(C)C)C(=O)N(C)[C@@H](Cc2ccccc2)C(=O)N[C@@H](Cc2ccc(O)cc2)C(=O)N2CCCC[C@@H]2C(=O)N[C@@H](Cc2c[nH]c3ccccc23)C(=O)N[C@@H](Cc2ccc(O)cc2)C(=O)N[C@@H](CC(C)C)C(=O)N[C@H](C(=O)NCC(N)=O)CSCC(=O)N[C@@H](Cc2cc(F)c(F)c(F)c2)C(=O)N(C)[C@@H](Cc2ccccc2)C(=O)N1C. The highest BCUT2D eigenvalue weighted by atomic mass is 32.2. The second-order valence-electron chi connectivity index (χ2n) is 35.9. The summed E-state index contributed by atoms with van der Waals surface area (Å²) in [7, 11) is 3.67. The van der Waals surface area contributed by atoms with E-state index in [2.05, 4.69) is 52.8 Å². The van der Waals surface area contributed by atoms with Crippen LogP contribution in [0.1, 0.15) is 133 Å². The number of carboxylic acids is 1. The van der Waals surface area contributed by atoms with Crippen molar-refractivity contribution >= 4 is 117 Å². The number of H-pyrrole nitrogens is 1. The second-order valence-corrected chi connectivity index (χ2v) is 36.9. The van der Waals surface area contributed by atoms with E-state index in [9.17, 15) is 48.8 Å². The summed E-state index contributed by atoms with van der Waals surface area (Å²) < 4.78 is 45.2. The molecular weight excluding hydrogens is 1820 g/mol. The smallest absolute Gasteiger partial charge is 0.305 e. The highest BCUT2D eigenvalue weighted by molar-refractivity contribution is 8.00. The number of thioether (sulfide) groups is 1. The van der Waals surface area contributed by atoms with Crippen LogP contribution in [0.5, 0.6) is 11.5 Å². The molecule has 3 fully saturated rings. The fourth-order valence-corrected chi connectivity index (χ4v) is 18.0. The number of nitrogens with one attached hydrogen (secondary N) is 10. The Morgan fingerprint density at radius 1 is 0.518 bits per heavy atom. The topological polar surface area (TPSA) is 520 Å². The zero-order chi connectivity index (χ0) is 100. The van der Waals surface area contributed by atoms with Crippen LogP contribution in [-0.4, -0.2) is 281 Å². The molecule has 36 nitrogen and oxygen atoms in total. The fourth-order valence-electron chi connectivity index (χ4n) is 17.2. The summed E-state index contributed by atoms with van der Waals surface area (Å²) in [6.45, 7) is 6.82. The number of aromatic nitrogens is 1. The Morgan fingerprint density at radius 3 is 1.61 bits per heavy atom. The molecule has 139 heavy (non-hydrogen) atoms. The Balaban J connectivity index is 0.0000216. The first-order valence-corrected chi connectivity index (χ1v) is 47.0. The van der Waals surface area contributed by atoms with E-state index in [1.54, 1.807) is 112 Å². The molecule has 0 unspecified atom stereocenters. The number of aromatic amines is 1. The normalized spacial score (nSPS) is 23.6. The van der Waals surface area contributed by atoms with Gasteiger partial charge in [-0.1, -0.05) is 158 Å². The zero-order valence-electron chi connectivity index (χ0n) is 78.0. The minimum Gasteiger partial charge on any atom is -0.508 e. The predicted octanol–water partition coefficient (Wildman–Crippen LogP) is 3.81. The van der Waals surface area contributed by atoms with E-state index in [1.165, 1.54) is 88.4 Å². The third kappa shape index (κ3) is 30.0. The molecule has 0 bridgehead atoms. The lowest BCUT2D eigenvalue weighted by Crippen LogP contribution is -2.63. The number of carbonyl (C=O) groups is 16. The molecule has 40 heteroatoms. The van der Waals surface area contributed by atoms with E-state index in [0.29, 0.717) is 81.9 Å². The summed E-state index contributed by atoms with van der Waals surface area (Å²) in [5.74, 6) is -24.8. The minimum atomic E-state index is -2.04. The quantitative estimate of drug-likeness (QED) is 0.0405. The molecule has 4 heterocycles. The highest BCUT2D eigenvalue weighted by Crippen LogP contribution is 2.29. The average Bonchev–Trinajstić information content (AvgIpc) is 1.25. The summed E-state index contributed by atoms with van der Waals surface area (Å²) >= 11 is 0.663. The fraction of sp³-hybridized carbons (Fsp3) is 0.455. The maximum absolute atomic E-state index is 15.9. The number of hydrogen-bond acceptors (Lipinski definition) is 20. The van der Waals surface area contributed by atoms with Crippen LogP contribution < -0.4 is 53.6 Å². The molecule has 7 aromatic rings. The van der Waals surface area contributed by atoms with Crippen molar-refractivity contribution in [2.45, 2.75) is 223 Å². The number of aliphatic hydroxyl groups is 1. The van der Waals surface area contributed by atoms with Gasteiger partial charge in [-0.05, 0) is 120 Å². The Labute approximate surface area is 807 Å². The summed E-state index contributed by atoms with van der Waals surface area (Å²) in [6, 6.07) is 14.4. The van der Waals surface area contributed by atoms with Gasteiger partial charge >= 0.3 is 5.97 Å². The molecule has 15 amide bonds. The first-order chi connectivity index (χ1) is 65.7. The van der Waals surface area contributed by atoms with Gasteiger partial charge in [0.25, 0.3) is 0 Å². The molecule has 10 rings (SSSR count). The number of phenolic OH excluding ortho intramolecular Hbond substituents is 2. The van der Waals surface area contributed by atoms with Crippen molar-refractivity contribution < 1.29 is 110 Å². The second kappa shape index (κ2) is 50.9. The van der Waals surface area contributed by atoms with Crippen molar-refractivity contribution in [1.29, 1.82) is 0 Å². The van der Waals surface area contributed by atoms with Gasteiger partial charge in [-0.3, -0.25) is 76.7 Å². The van der Waals surface area contributed by atoms with Crippen LogP contribution >= 0.6 is 11.8 Å². The van der Waals surface area contributed by atoms with E-state index >= 15 is 61.5 Å². The first-order valence-electron chi connectivity index (χ1n) is 45.9. The van der Waals surface area contributed by atoms with E-state index < -0.39 is 252 Å². The number of hydrogen-bond donors (Lipinski definition) is 15. The minimum absolute atomic E-state index is 0. The van der Waals surface area contributed by atoms with Gasteiger partial charge in [0.15, 0.2) is 17.5 Å². The van der Waals surface area contributed by atoms with Crippen LogP contribution in [0, 0.1) is 29.3 Å². The molecular formula is C99H125F3N16O20S. The zero-order valence-corrected chi connectivity index (χ0v) is 78.8. The number of likely N-dealkylation sites (N-methyl/N-ethyl adjacent to an activating group) is 3. The number of primary amides is 1. The van der Waals surface area contributed by atoms with Crippen LogP contribution in [0.4, 0.5) is 13.2 Å². The van der Waals surface area contributed by atoms with E-state index in [0.717, 1.165) is 19.6 Å². The Bertz CT molecular complexity index is 5510. The number of halogens is 3. The molecule has 0 radical (unpaired) electrons. The molecule has 0 saturated carbocycles. The molecule has 3 aliphatic heterocycles. The number of aliphatic hydroxyl groups excluding tert-OH is 1. The number of rotatable bonds is 23. The van der Waals surface area contributed by atoms with Gasteiger partial charge < -0.3 is 103 Å². The number of aliphatic carboxylic acids is 1. The summed E-state index contributed by atoms with van der Waals surface area (Å²) in [4.78, 5) is 248. The summed E-state index contributed by atoms with van der Waals surface area (Å²) in [5, 5.41) is 67.2. The number of carboxylic acid groups (broad SMARTS) is 1. The Hall–Kier alpha value is -13.9. The van der Waals surface area contributed by atoms with Crippen LogP contribution in [0.2, 0.25) is 0 Å². The van der Waals surface area contributed by atoms with Crippen LogP contribution in [-0.2, 0) is 115 Å². The van der Waals surface area contributed by atoms with Gasteiger partial charge in [0.1, 0.15) is 90.0 Å². The summed E-state index contributed by atoms with van der Waals surface area (Å²) in [5.41, 5.74) is 7.88. The number of unbranched alkanes of at least 4 members (excludes halogenated alkanes) is 1. The highest BCUT2D eigenvalue weighted by Gasteiger charge is 2.48. The number of aromatic hydroxyl groups is 2. The molecule has 1 aromatic heterocycles. The maximum Gasteiger partial charge on any atom is 0.305 e. The number of carbonyl (C=O) groups excluding carboxylic acids is 15. The van der Waals surface area contributed by atoms with Crippen molar-refractivity contribution in [2.75, 3.05) is 52.3 Å². The molecule has 3 saturated heterocycles. The summed E-state index contributed by atoms with van der Waals surface area (Å²) in [6.07, 6.45) is -2.76. The number of nitrogens with zero attached hydrogens (tertiary/aromatic N) is 5. The van der Waals surface area contributed by atoms with E-state index in [4.69, 9.17) is 5.73 Å². The number of fused-ring (bicyclic) bond motifs is 3. The van der Waals surface area contributed by atoms with Gasteiger partial charge in [0, 0.05) is 102 Å². The molecule has 16 N–H and O–H groups in total. The van der Waals surface area contributed by atoms with Gasteiger partial charge in [0.2, 0.25) is 88.6 Å². The van der Waals surface area contributed by atoms with Crippen molar-refractivity contribution in [3.05, 3.63) is 203 Å². The van der Waals surface area contributed by atoms with Crippen LogP contribution in [0.15, 0.2) is 152 Å². The molecule has 14 atom stereocenters. The number of phenols is 2. The van der Waals surface area contributed by atoms with Crippen molar-refractivity contribution in [3.8, 4) is 11.5 Å². The largest absolute Gasteiger partial charge is 0.508 e. The van der Waals surface area contributed by atoms with Crippen LogP contribution in [0.3, 0.4) is 0 Å². The number of amides is 15. The van der Waals surface area contributed by atoms with Crippen molar-refractivity contribution in [1.82, 2.24) is 77.3 Å². The van der Waals surface area contributed by atoms with Crippen LogP contribution in [0.25, 0.3) is 10.9 Å². The first kappa shape index (κ1) is 109. The number of nitrogens with two attached hydrogens (primary N) is 1. The van der Waals surface area contributed by atoms with Crippen molar-refractivity contribution in [3.63, 3.8) is 0 Å². The predicted molar refractivity (Wildman–Crippen MR) is 509 cm³/mol. The number of para-hydroxylation sites is 1. The van der Waals surface area contributed by atoms with E-state index in [1.807, 2.05) is 0 Å². The van der Waals surface area contributed by atoms with E-state index in [-0.39, 0.29) is 88.8 Å². The van der Waals surface area contributed by atoms with Crippen molar-refractivity contribution in [2.24, 2.45) is 17.6 Å². The van der Waals surface area contributed by atoms with Gasteiger partial charge in [0.05, 0.1) is 24.8 Å². The lowest BCUT2D eigenvalue weighted by Gasteiger charge is -2.38. The number of benzene rings is 6. The molecule has 3 aliphatic rings. The maximum atomic E-state index is 15.9. The standard InChI is InChI=1S/C98H121F3N16O20S.CH4/c1-9-10-27-77-97(136)117-51-64(120)47-79(117)93(132)109-72(48-83(123)124)90(129)112-85(55(4)5)98(137)114(7)78(44-56-21-13-11-14-22-56)92(131)110-74(42-59-31-35-63(119)36-32-59)95(134)116-37-20-19-28-76(116)91(130)108-71(46-61-49-103-68-26-18-17-25-65(61)68)89(128)107-70(41-58-29-33-62(118)34-30-58)88(127)106-69(38-54(2)3)87(126)111-75(86(125)104-50-81(102)121)52-138-53-82(122)105-73(43-60-39-66(99)84(101)67(100)40-60)94(133)115(8)80(96(135)113(77)6)45-57-23-15-12-16-24-57;/h11-18,21-26,29-36,39-40,49,54-55,64,69-80,85,103,118-120H,9-10,19-20,27-28,37-38,41-48,50-53H2,1-8H3,(H2,102,121)(H,104,125)(H,105,122)(H,106,127)(H,107,128)(H,108,130)(H,109,132)(H,110,131)(H,111,126)(H,112,129)(H,123,124);1H4/t64-,69-,70-,71-,72-,73-,74-,75-,76+,77-,78-,79+,80-,85-;/m0./s1. The Kier molecular flexibility index (Phi) is 39.9. The monoisotopic (exact) mass is 1950 g/mol. The Morgan fingerprint density at radius 2 is 1.02 bits per heavy atom. The van der Waals surface area contributed by atoms with Gasteiger partial charge in [-0.25, -0.2) is 13.2 Å². The third-order valence-corrected chi connectivity index (χ3v) is 25.7. The average molecular weight is 1950 g/mol. The molecule has 6 aromatic carbocycles. The molecule has 748 valence electrons. The molecule has 0 aliphatic carbocycles. The molecule has 0 spiro atoms. The third-order valence-electron chi connectivity index (χ3n) is 24.7. The number of piperidine rings is 1.